The van der Waals surface area contributed by atoms with Crippen LogP contribution in [0.1, 0.15) is 20.8 Å². The molecule has 0 bridgehead atoms. The molecule has 0 saturated heterocycles. The van der Waals surface area contributed by atoms with Crippen molar-refractivity contribution in [2.45, 2.75) is 26.4 Å². The van der Waals surface area contributed by atoms with Crippen LogP contribution in [0.3, 0.4) is 0 Å². The molecule has 17 heavy (non-hydrogen) atoms. The van der Waals surface area contributed by atoms with E-state index in [1.54, 1.807) is 0 Å². The summed E-state index contributed by atoms with van der Waals surface area (Å²) in [7, 11) is 0. The van der Waals surface area contributed by atoms with Crippen molar-refractivity contribution >= 4 is 29.5 Å². The Bertz CT molecular complexity index is 376. The lowest BCUT2D eigenvalue weighted by molar-refractivity contribution is -0.161. The predicted octanol–water partition coefficient (Wildman–Crippen LogP) is 0.677. The van der Waals surface area contributed by atoms with E-state index < -0.39 is 11.6 Å². The normalized spacial score (nSPS) is 13.4. The van der Waals surface area contributed by atoms with E-state index in [9.17, 15) is 4.79 Å². The standard InChI is InChI=1S/C9H16N4O3S/c1-5(7(11)13-17-6(2)10)12-16-9(3,4)8(14)15/h2,10H2,1,3-4H3,(H2,11,13)(H,14,15)/b12-5+. The van der Waals surface area contributed by atoms with E-state index in [4.69, 9.17) is 21.4 Å². The molecule has 0 aliphatic carbocycles. The second kappa shape index (κ2) is 6.14. The van der Waals surface area contributed by atoms with Gasteiger partial charge in [-0.3, -0.25) is 0 Å². The zero-order valence-corrected chi connectivity index (χ0v) is 10.7. The number of carbonyl (C=O) groups is 1. The topological polar surface area (TPSA) is 123 Å². The molecule has 0 rings (SSSR count). The molecule has 0 fully saturated rings. The molecule has 0 aromatic heterocycles. The highest BCUT2D eigenvalue weighted by molar-refractivity contribution is 8.01. The molecule has 0 spiro atoms. The summed E-state index contributed by atoms with van der Waals surface area (Å²) in [4.78, 5) is 15.6. The summed E-state index contributed by atoms with van der Waals surface area (Å²) in [6, 6.07) is 0. The van der Waals surface area contributed by atoms with Gasteiger partial charge in [0.2, 0.25) is 5.60 Å². The minimum absolute atomic E-state index is 0.0859. The van der Waals surface area contributed by atoms with Gasteiger partial charge in [0.25, 0.3) is 0 Å². The highest BCUT2D eigenvalue weighted by Gasteiger charge is 2.29. The van der Waals surface area contributed by atoms with Crippen molar-refractivity contribution in [3.05, 3.63) is 11.6 Å². The Morgan fingerprint density at radius 2 is 2.00 bits per heavy atom. The lowest BCUT2D eigenvalue weighted by Gasteiger charge is -2.16. The molecule has 0 amide bonds. The summed E-state index contributed by atoms with van der Waals surface area (Å²) in [5, 5.41) is 12.7. The average Bonchev–Trinajstić information content (AvgIpc) is 2.22. The van der Waals surface area contributed by atoms with Crippen molar-refractivity contribution < 1.29 is 14.7 Å². The van der Waals surface area contributed by atoms with Crippen molar-refractivity contribution in [2.75, 3.05) is 0 Å². The van der Waals surface area contributed by atoms with Crippen LogP contribution in [0.15, 0.2) is 21.2 Å². The fourth-order valence-corrected chi connectivity index (χ4v) is 0.790. The van der Waals surface area contributed by atoms with Crippen LogP contribution >= 0.6 is 11.9 Å². The molecule has 0 atom stereocenters. The number of amidine groups is 1. The van der Waals surface area contributed by atoms with Crippen LogP contribution in [0.4, 0.5) is 0 Å². The van der Waals surface area contributed by atoms with Crippen LogP contribution in [0, 0.1) is 0 Å². The SMILES string of the molecule is C=C(N)SN=C(N)/C(C)=N/OC(C)(C)C(=O)O. The van der Waals surface area contributed by atoms with Crippen LogP contribution in [0.5, 0.6) is 0 Å². The van der Waals surface area contributed by atoms with E-state index in [-0.39, 0.29) is 16.6 Å². The molecule has 96 valence electrons. The molecule has 0 saturated carbocycles. The van der Waals surface area contributed by atoms with Gasteiger partial charge in [0.05, 0.1) is 5.03 Å². The molecule has 0 heterocycles. The highest BCUT2D eigenvalue weighted by atomic mass is 32.2. The lowest BCUT2D eigenvalue weighted by Crippen LogP contribution is -2.34. The molecule has 8 heteroatoms. The Labute approximate surface area is 104 Å². The van der Waals surface area contributed by atoms with Crippen LogP contribution in [0.2, 0.25) is 0 Å². The number of nitrogens with two attached hydrogens (primary N) is 2. The Balaban J connectivity index is 4.60. The number of nitrogens with zero attached hydrogens (tertiary/aromatic N) is 2. The first-order chi connectivity index (χ1) is 7.66. The minimum atomic E-state index is -1.42. The number of hydrogen-bond acceptors (Lipinski definition) is 6. The highest BCUT2D eigenvalue weighted by Crippen LogP contribution is 2.11. The van der Waals surface area contributed by atoms with Gasteiger partial charge >= 0.3 is 5.97 Å². The van der Waals surface area contributed by atoms with Gasteiger partial charge in [-0.2, -0.15) is 4.40 Å². The smallest absolute Gasteiger partial charge is 0.350 e. The van der Waals surface area contributed by atoms with Gasteiger partial charge in [0.1, 0.15) is 5.71 Å². The molecular weight excluding hydrogens is 244 g/mol. The Morgan fingerprint density at radius 1 is 1.47 bits per heavy atom. The van der Waals surface area contributed by atoms with E-state index in [2.05, 4.69) is 16.1 Å². The predicted molar refractivity (Wildman–Crippen MR) is 68.4 cm³/mol. The maximum absolute atomic E-state index is 10.7. The van der Waals surface area contributed by atoms with Gasteiger partial charge in [-0.05, 0) is 20.8 Å². The van der Waals surface area contributed by atoms with Gasteiger partial charge in [0, 0.05) is 11.9 Å². The van der Waals surface area contributed by atoms with Crippen LogP contribution in [0.25, 0.3) is 0 Å². The van der Waals surface area contributed by atoms with Crippen LogP contribution in [-0.4, -0.2) is 28.2 Å². The summed E-state index contributed by atoms with van der Waals surface area (Å²) in [5.74, 6) is -1.04. The van der Waals surface area contributed by atoms with E-state index in [0.717, 1.165) is 11.9 Å². The van der Waals surface area contributed by atoms with Crippen LogP contribution in [-0.2, 0) is 9.63 Å². The van der Waals surface area contributed by atoms with Gasteiger partial charge in [-0.15, -0.1) is 0 Å². The van der Waals surface area contributed by atoms with Gasteiger partial charge in [-0.1, -0.05) is 11.7 Å². The van der Waals surface area contributed by atoms with Crippen molar-refractivity contribution in [3.63, 3.8) is 0 Å². The van der Waals surface area contributed by atoms with Gasteiger partial charge < -0.3 is 21.4 Å². The Kier molecular flexibility index (Phi) is 5.52. The van der Waals surface area contributed by atoms with Crippen molar-refractivity contribution in [2.24, 2.45) is 21.0 Å². The Morgan fingerprint density at radius 3 is 2.41 bits per heavy atom. The van der Waals surface area contributed by atoms with Crippen molar-refractivity contribution in [3.8, 4) is 0 Å². The molecule has 7 nitrogen and oxygen atoms in total. The largest absolute Gasteiger partial charge is 0.478 e. The summed E-state index contributed by atoms with van der Waals surface area (Å²) in [6.45, 7) is 7.70. The first kappa shape index (κ1) is 15.3. The lowest BCUT2D eigenvalue weighted by atomic mass is 10.1. The molecule has 0 aromatic rings. The number of carboxylic acids is 1. The number of hydrogen-bond donors (Lipinski definition) is 3. The molecule has 0 aliphatic heterocycles. The first-order valence-electron chi connectivity index (χ1n) is 4.58. The second-order valence-electron chi connectivity index (χ2n) is 3.62. The van der Waals surface area contributed by atoms with E-state index >= 15 is 0 Å². The van der Waals surface area contributed by atoms with Gasteiger partial charge in [-0.25, -0.2) is 4.79 Å². The molecular formula is C9H16N4O3S. The maximum Gasteiger partial charge on any atom is 0.350 e. The first-order valence-corrected chi connectivity index (χ1v) is 5.35. The quantitative estimate of drug-likeness (QED) is 0.279. The minimum Gasteiger partial charge on any atom is -0.478 e. The second-order valence-corrected chi connectivity index (χ2v) is 4.51. The third kappa shape index (κ3) is 5.81. The molecule has 0 aliphatic rings. The third-order valence-electron chi connectivity index (χ3n) is 1.56. The number of rotatable bonds is 6. The zero-order chi connectivity index (χ0) is 13.6. The van der Waals surface area contributed by atoms with Crippen molar-refractivity contribution in [1.82, 2.24) is 0 Å². The fourth-order valence-electron chi connectivity index (χ4n) is 0.442. The summed E-state index contributed by atoms with van der Waals surface area (Å²) < 4.78 is 3.80. The maximum atomic E-state index is 10.7. The van der Waals surface area contributed by atoms with Crippen molar-refractivity contribution in [1.29, 1.82) is 0 Å². The van der Waals surface area contributed by atoms with E-state index in [1.165, 1.54) is 20.8 Å². The average molecular weight is 260 g/mol. The van der Waals surface area contributed by atoms with Gasteiger partial charge in [0.15, 0.2) is 5.84 Å². The summed E-state index contributed by atoms with van der Waals surface area (Å²) in [5.41, 5.74) is 9.66. The van der Waals surface area contributed by atoms with E-state index in [0.29, 0.717) is 0 Å². The molecule has 0 aromatic carbocycles. The molecule has 5 N–H and O–H groups in total. The fraction of sp³-hybridized carbons (Fsp3) is 0.444. The van der Waals surface area contributed by atoms with E-state index in [1.807, 2.05) is 0 Å². The number of oxime groups is 1. The summed E-state index contributed by atoms with van der Waals surface area (Å²) in [6.07, 6.45) is 0. The number of carboxylic acid groups (broad SMARTS) is 1. The van der Waals surface area contributed by atoms with Crippen LogP contribution < -0.4 is 11.5 Å². The molecule has 0 unspecified atom stereocenters. The molecule has 0 radical (unpaired) electrons. The zero-order valence-electron chi connectivity index (χ0n) is 9.93. The monoisotopic (exact) mass is 260 g/mol. The summed E-state index contributed by atoms with van der Waals surface area (Å²) >= 11 is 0.901. The number of aliphatic carboxylic acids is 1. The third-order valence-corrected chi connectivity index (χ3v) is 2.08. The Hall–Kier alpha value is -1.70.